The number of hydrogen-bond donors (Lipinski definition) is 1. The number of rotatable bonds is 5. The smallest absolute Gasteiger partial charge is 0.229 e. The zero-order valence-corrected chi connectivity index (χ0v) is 15.4. The molecule has 2 aromatic carbocycles. The fraction of sp³-hybridized carbons (Fsp3) is 0.263. The van der Waals surface area contributed by atoms with E-state index in [9.17, 15) is 14.0 Å². The molecule has 2 amide bonds. The summed E-state index contributed by atoms with van der Waals surface area (Å²) in [5.74, 6) is -1.16. The Labute approximate surface area is 160 Å². The van der Waals surface area contributed by atoms with Crippen LogP contribution in [-0.2, 0) is 16.0 Å². The van der Waals surface area contributed by atoms with E-state index >= 15 is 0 Å². The van der Waals surface area contributed by atoms with Gasteiger partial charge in [0.25, 0.3) is 0 Å². The van der Waals surface area contributed by atoms with Gasteiger partial charge in [0.05, 0.1) is 16.6 Å². The van der Waals surface area contributed by atoms with Gasteiger partial charge in [-0.1, -0.05) is 41.4 Å². The van der Waals surface area contributed by atoms with E-state index < -0.39 is 5.92 Å². The summed E-state index contributed by atoms with van der Waals surface area (Å²) in [6.07, 6.45) is 0.536. The Morgan fingerprint density at radius 1 is 1.23 bits per heavy atom. The van der Waals surface area contributed by atoms with Crippen LogP contribution in [0.25, 0.3) is 0 Å². The van der Waals surface area contributed by atoms with Gasteiger partial charge in [-0.15, -0.1) is 0 Å². The van der Waals surface area contributed by atoms with Gasteiger partial charge in [-0.05, 0) is 36.2 Å². The van der Waals surface area contributed by atoms with Crippen molar-refractivity contribution >= 4 is 40.7 Å². The molecule has 1 atom stereocenters. The summed E-state index contributed by atoms with van der Waals surface area (Å²) in [5.41, 5.74) is 0.973. The maximum Gasteiger partial charge on any atom is 0.229 e. The summed E-state index contributed by atoms with van der Waals surface area (Å²) in [7, 11) is 0. The van der Waals surface area contributed by atoms with Crippen LogP contribution in [0.3, 0.4) is 0 Å². The summed E-state index contributed by atoms with van der Waals surface area (Å²) >= 11 is 12.0. The van der Waals surface area contributed by atoms with E-state index in [0.29, 0.717) is 40.8 Å². The van der Waals surface area contributed by atoms with Gasteiger partial charge in [-0.2, -0.15) is 0 Å². The zero-order chi connectivity index (χ0) is 18.7. The Hall–Kier alpha value is -2.11. The zero-order valence-electron chi connectivity index (χ0n) is 13.8. The second-order valence-corrected chi connectivity index (χ2v) is 7.04. The van der Waals surface area contributed by atoms with Gasteiger partial charge in [0, 0.05) is 24.5 Å². The van der Waals surface area contributed by atoms with Crippen LogP contribution in [0.5, 0.6) is 0 Å². The van der Waals surface area contributed by atoms with Crippen molar-refractivity contribution in [1.29, 1.82) is 0 Å². The standard InChI is InChI=1S/C19H17Cl2FN2O2/c20-14-5-6-15(21)17(10-14)23-19(26)13-9-18(25)24(11-13)8-7-12-3-1-2-4-16(12)22/h1-6,10,13H,7-9,11H2,(H,23,26). The van der Waals surface area contributed by atoms with Crippen molar-refractivity contribution in [1.82, 2.24) is 4.90 Å². The second kappa shape index (κ2) is 8.06. The second-order valence-electron chi connectivity index (χ2n) is 6.20. The number of halogens is 3. The normalized spacial score (nSPS) is 16.8. The number of likely N-dealkylation sites (tertiary alicyclic amines) is 1. The topological polar surface area (TPSA) is 49.4 Å². The maximum absolute atomic E-state index is 13.7. The van der Waals surface area contributed by atoms with Crippen molar-refractivity contribution in [3.8, 4) is 0 Å². The Morgan fingerprint density at radius 2 is 2.00 bits per heavy atom. The first-order valence-electron chi connectivity index (χ1n) is 8.21. The number of nitrogens with zero attached hydrogens (tertiary/aromatic N) is 1. The van der Waals surface area contributed by atoms with E-state index in [1.54, 1.807) is 41.3 Å². The van der Waals surface area contributed by atoms with Crippen molar-refractivity contribution in [3.63, 3.8) is 0 Å². The van der Waals surface area contributed by atoms with E-state index in [2.05, 4.69) is 5.32 Å². The first-order valence-corrected chi connectivity index (χ1v) is 8.96. The molecule has 1 heterocycles. The van der Waals surface area contributed by atoms with Gasteiger partial charge in [-0.3, -0.25) is 9.59 Å². The summed E-state index contributed by atoms with van der Waals surface area (Å²) in [5, 5.41) is 3.56. The fourth-order valence-corrected chi connectivity index (χ4v) is 3.29. The quantitative estimate of drug-likeness (QED) is 0.827. The predicted molar refractivity (Wildman–Crippen MR) is 99.9 cm³/mol. The highest BCUT2D eigenvalue weighted by molar-refractivity contribution is 6.35. The first kappa shape index (κ1) is 18.7. The van der Waals surface area contributed by atoms with Crippen LogP contribution in [0.4, 0.5) is 10.1 Å². The molecule has 0 bridgehead atoms. The van der Waals surface area contributed by atoms with Gasteiger partial charge in [0.2, 0.25) is 11.8 Å². The third-order valence-corrected chi connectivity index (χ3v) is 4.95. The fourth-order valence-electron chi connectivity index (χ4n) is 2.95. The summed E-state index contributed by atoms with van der Waals surface area (Å²) < 4.78 is 13.7. The number of carbonyl (C=O) groups excluding carboxylic acids is 2. The molecule has 0 saturated carbocycles. The Balaban J connectivity index is 1.59. The third kappa shape index (κ3) is 4.34. The molecule has 1 aliphatic rings. The molecule has 3 rings (SSSR count). The van der Waals surface area contributed by atoms with Gasteiger partial charge >= 0.3 is 0 Å². The lowest BCUT2D eigenvalue weighted by Crippen LogP contribution is -2.30. The van der Waals surface area contributed by atoms with Crippen LogP contribution >= 0.6 is 23.2 Å². The lowest BCUT2D eigenvalue weighted by atomic mass is 10.1. The highest BCUT2D eigenvalue weighted by atomic mass is 35.5. The van der Waals surface area contributed by atoms with E-state index in [1.807, 2.05) is 0 Å². The van der Waals surface area contributed by atoms with Crippen LogP contribution in [0, 0.1) is 11.7 Å². The van der Waals surface area contributed by atoms with Crippen molar-refractivity contribution in [2.75, 3.05) is 18.4 Å². The number of hydrogen-bond acceptors (Lipinski definition) is 2. The highest BCUT2D eigenvalue weighted by Crippen LogP contribution is 2.27. The van der Waals surface area contributed by atoms with Crippen LogP contribution in [0.15, 0.2) is 42.5 Å². The van der Waals surface area contributed by atoms with E-state index in [1.165, 1.54) is 6.07 Å². The largest absolute Gasteiger partial charge is 0.342 e. The molecule has 1 aliphatic heterocycles. The summed E-state index contributed by atoms with van der Waals surface area (Å²) in [6, 6.07) is 11.3. The van der Waals surface area contributed by atoms with Crippen LogP contribution in [0.1, 0.15) is 12.0 Å². The van der Waals surface area contributed by atoms with Gasteiger partial charge in [0.1, 0.15) is 5.82 Å². The van der Waals surface area contributed by atoms with E-state index in [4.69, 9.17) is 23.2 Å². The monoisotopic (exact) mass is 394 g/mol. The third-order valence-electron chi connectivity index (χ3n) is 4.38. The minimum atomic E-state index is -0.474. The van der Waals surface area contributed by atoms with Crippen molar-refractivity contribution in [2.45, 2.75) is 12.8 Å². The van der Waals surface area contributed by atoms with Crippen LogP contribution in [0.2, 0.25) is 10.0 Å². The maximum atomic E-state index is 13.7. The molecule has 1 fully saturated rings. The minimum absolute atomic E-state index is 0.112. The lowest BCUT2D eigenvalue weighted by molar-refractivity contribution is -0.128. The molecule has 0 aromatic heterocycles. The SMILES string of the molecule is O=C(Nc1cc(Cl)ccc1Cl)C1CC(=O)N(CCc2ccccc2F)C1. The van der Waals surface area contributed by atoms with Gasteiger partial charge < -0.3 is 10.2 Å². The van der Waals surface area contributed by atoms with E-state index in [0.717, 1.165) is 0 Å². The molecule has 4 nitrogen and oxygen atoms in total. The molecule has 1 unspecified atom stereocenters. The van der Waals surface area contributed by atoms with Crippen molar-refractivity contribution in [2.24, 2.45) is 5.92 Å². The highest BCUT2D eigenvalue weighted by Gasteiger charge is 2.34. The summed E-state index contributed by atoms with van der Waals surface area (Å²) in [6.45, 7) is 0.679. The average Bonchev–Trinajstić information content (AvgIpc) is 2.98. The Morgan fingerprint density at radius 3 is 2.77 bits per heavy atom. The number of anilines is 1. The number of amides is 2. The molecule has 0 spiro atoms. The number of benzene rings is 2. The average molecular weight is 395 g/mol. The summed E-state index contributed by atoms with van der Waals surface area (Å²) in [4.78, 5) is 26.2. The molecule has 1 saturated heterocycles. The Kier molecular flexibility index (Phi) is 5.79. The van der Waals surface area contributed by atoms with Gasteiger partial charge in [0.15, 0.2) is 0 Å². The lowest BCUT2D eigenvalue weighted by Gasteiger charge is -2.17. The first-order chi connectivity index (χ1) is 12.4. The van der Waals surface area contributed by atoms with Crippen LogP contribution in [-0.4, -0.2) is 29.8 Å². The van der Waals surface area contributed by atoms with Crippen LogP contribution < -0.4 is 5.32 Å². The molecular formula is C19H17Cl2FN2O2. The molecule has 26 heavy (non-hydrogen) atoms. The predicted octanol–water partition coefficient (Wildman–Crippen LogP) is 4.16. The molecule has 1 N–H and O–H groups in total. The van der Waals surface area contributed by atoms with Crippen molar-refractivity contribution in [3.05, 3.63) is 63.9 Å². The molecule has 0 radical (unpaired) electrons. The number of nitrogens with one attached hydrogen (secondary N) is 1. The molecule has 136 valence electrons. The molecule has 2 aromatic rings. The Bertz CT molecular complexity index is 844. The number of carbonyl (C=O) groups is 2. The molecule has 0 aliphatic carbocycles. The van der Waals surface area contributed by atoms with Crippen molar-refractivity contribution < 1.29 is 14.0 Å². The molecule has 7 heteroatoms. The van der Waals surface area contributed by atoms with Gasteiger partial charge in [-0.25, -0.2) is 4.39 Å². The molecular weight excluding hydrogens is 378 g/mol. The minimum Gasteiger partial charge on any atom is -0.342 e. The van der Waals surface area contributed by atoms with E-state index in [-0.39, 0.29) is 24.1 Å².